The molecule has 0 saturated carbocycles. The minimum absolute atomic E-state index is 0.886. The molecule has 1 heterocycles. The third-order valence-corrected chi connectivity index (χ3v) is 3.87. The predicted octanol–water partition coefficient (Wildman–Crippen LogP) is 3.24. The maximum atomic E-state index is 5.63. The van der Waals surface area contributed by atoms with Gasteiger partial charge in [0.1, 0.15) is 0 Å². The van der Waals surface area contributed by atoms with Gasteiger partial charge in [-0.1, -0.05) is 27.5 Å². The van der Waals surface area contributed by atoms with E-state index < -0.39 is 0 Å². The highest BCUT2D eigenvalue weighted by Gasteiger charge is 2.17. The van der Waals surface area contributed by atoms with Crippen LogP contribution in [0.2, 0.25) is 0 Å². The third-order valence-electron chi connectivity index (χ3n) is 2.58. The van der Waals surface area contributed by atoms with E-state index in [1.165, 1.54) is 31.5 Å². The molecule has 0 radical (unpaired) electrons. The van der Waals surface area contributed by atoms with Gasteiger partial charge in [-0.15, -0.1) is 0 Å². The first-order chi connectivity index (χ1) is 6.26. The summed E-state index contributed by atoms with van der Waals surface area (Å²) in [5.74, 6) is 0.886. The predicted molar refractivity (Wildman–Crippen MR) is 62.6 cm³/mol. The maximum Gasteiger partial charge on any atom is 0.0201 e. The molecule has 3 heteroatoms. The van der Waals surface area contributed by atoms with Crippen LogP contribution >= 0.6 is 27.5 Å². The molecule has 1 nitrogen and oxygen atoms in total. The van der Waals surface area contributed by atoms with Crippen LogP contribution in [0.3, 0.4) is 0 Å². The van der Waals surface area contributed by atoms with Crippen molar-refractivity contribution in [2.24, 2.45) is 5.92 Å². The minimum atomic E-state index is 0.886. The van der Waals surface area contributed by atoms with E-state index in [9.17, 15) is 0 Å². The van der Waals surface area contributed by atoms with Crippen molar-refractivity contribution in [3.8, 4) is 0 Å². The molecule has 0 atom stereocenters. The second-order valence-corrected chi connectivity index (χ2v) is 4.69. The Bertz CT molecular complexity index is 174. The van der Waals surface area contributed by atoms with Gasteiger partial charge in [-0.2, -0.15) is 0 Å². The van der Waals surface area contributed by atoms with E-state index in [2.05, 4.69) is 27.8 Å². The molecule has 13 heavy (non-hydrogen) atoms. The van der Waals surface area contributed by atoms with Gasteiger partial charge in [-0.25, -0.2) is 0 Å². The zero-order valence-electron chi connectivity index (χ0n) is 8.10. The van der Waals surface area contributed by atoms with Crippen LogP contribution in [0.1, 0.15) is 19.8 Å². The fraction of sp³-hybridized carbons (Fsp3) is 0.800. The largest absolute Gasteiger partial charge is 0.299 e. The van der Waals surface area contributed by atoms with Gasteiger partial charge >= 0.3 is 0 Å². The smallest absolute Gasteiger partial charge is 0.0201 e. The zero-order chi connectivity index (χ0) is 9.68. The molecule has 0 aromatic rings. The van der Waals surface area contributed by atoms with Gasteiger partial charge in [0.2, 0.25) is 0 Å². The van der Waals surface area contributed by atoms with Gasteiger partial charge in [-0.05, 0) is 44.3 Å². The SMILES string of the molecule is CC(=CCl)CN1CCC(CBr)CC1. The second kappa shape index (κ2) is 6.05. The Morgan fingerprint density at radius 1 is 1.54 bits per heavy atom. The molecule has 0 N–H and O–H groups in total. The third kappa shape index (κ3) is 4.01. The molecule has 76 valence electrons. The molecular weight excluding hydrogens is 249 g/mol. The number of piperidine rings is 1. The quantitative estimate of drug-likeness (QED) is 0.709. The van der Waals surface area contributed by atoms with E-state index in [-0.39, 0.29) is 0 Å². The first-order valence-corrected chi connectivity index (χ1v) is 6.36. The summed E-state index contributed by atoms with van der Waals surface area (Å²) in [5, 5.41) is 1.16. The number of hydrogen-bond donors (Lipinski definition) is 0. The molecule has 0 aromatic heterocycles. The lowest BCUT2D eigenvalue weighted by Crippen LogP contribution is -2.35. The van der Waals surface area contributed by atoms with Gasteiger partial charge < -0.3 is 0 Å². The van der Waals surface area contributed by atoms with Gasteiger partial charge in [0.25, 0.3) is 0 Å². The normalized spacial score (nSPS) is 22.2. The summed E-state index contributed by atoms with van der Waals surface area (Å²) in [5.41, 5.74) is 2.95. The van der Waals surface area contributed by atoms with Crippen molar-refractivity contribution in [1.29, 1.82) is 0 Å². The lowest BCUT2D eigenvalue weighted by Gasteiger charge is -2.31. The number of nitrogens with zero attached hydrogens (tertiary/aromatic N) is 1. The zero-order valence-corrected chi connectivity index (χ0v) is 10.4. The van der Waals surface area contributed by atoms with E-state index in [4.69, 9.17) is 11.6 Å². The fourth-order valence-electron chi connectivity index (χ4n) is 1.69. The van der Waals surface area contributed by atoms with Crippen molar-refractivity contribution in [3.05, 3.63) is 11.1 Å². The van der Waals surface area contributed by atoms with Crippen LogP contribution in [-0.4, -0.2) is 29.9 Å². The van der Waals surface area contributed by atoms with Crippen LogP contribution in [0.4, 0.5) is 0 Å². The molecule has 1 aliphatic rings. The molecule has 1 saturated heterocycles. The summed E-state index contributed by atoms with van der Waals surface area (Å²) in [6, 6.07) is 0. The average molecular weight is 267 g/mol. The van der Waals surface area contributed by atoms with Crippen LogP contribution in [0.25, 0.3) is 0 Å². The molecule has 0 aromatic carbocycles. The lowest BCUT2D eigenvalue weighted by molar-refractivity contribution is 0.209. The van der Waals surface area contributed by atoms with E-state index >= 15 is 0 Å². The summed E-state index contributed by atoms with van der Waals surface area (Å²) >= 11 is 9.18. The van der Waals surface area contributed by atoms with Crippen molar-refractivity contribution in [1.82, 2.24) is 4.90 Å². The van der Waals surface area contributed by atoms with E-state index in [1.54, 1.807) is 5.54 Å². The van der Waals surface area contributed by atoms with Gasteiger partial charge in [-0.3, -0.25) is 4.90 Å². The van der Waals surface area contributed by atoms with E-state index in [1.807, 2.05) is 0 Å². The fourth-order valence-corrected chi connectivity index (χ4v) is 2.40. The lowest BCUT2D eigenvalue weighted by atomic mass is 9.99. The summed E-state index contributed by atoms with van der Waals surface area (Å²) in [4.78, 5) is 2.48. The molecule has 1 rings (SSSR count). The highest BCUT2D eigenvalue weighted by Crippen LogP contribution is 2.19. The van der Waals surface area contributed by atoms with Crippen molar-refractivity contribution in [2.75, 3.05) is 25.0 Å². The summed E-state index contributed by atoms with van der Waals surface area (Å²) in [7, 11) is 0. The minimum Gasteiger partial charge on any atom is -0.299 e. The molecule has 1 fully saturated rings. The Hall–Kier alpha value is 0.470. The van der Waals surface area contributed by atoms with Crippen LogP contribution in [0.15, 0.2) is 11.1 Å². The molecular formula is C10H17BrClN. The average Bonchev–Trinajstić information content (AvgIpc) is 2.19. The highest BCUT2D eigenvalue weighted by molar-refractivity contribution is 9.09. The molecule has 0 unspecified atom stereocenters. The molecule has 0 spiro atoms. The van der Waals surface area contributed by atoms with Gasteiger partial charge in [0, 0.05) is 17.4 Å². The topological polar surface area (TPSA) is 3.24 Å². The first kappa shape index (κ1) is 11.5. The number of halogens is 2. The molecule has 1 aliphatic heterocycles. The van der Waals surface area contributed by atoms with E-state index in [0.29, 0.717) is 0 Å². The first-order valence-electron chi connectivity index (χ1n) is 4.80. The standard InChI is InChI=1S/C10H17BrClN/c1-9(7-12)8-13-4-2-10(6-11)3-5-13/h7,10H,2-6,8H2,1H3. The Labute approximate surface area is 94.3 Å². The number of likely N-dealkylation sites (tertiary alicyclic amines) is 1. The van der Waals surface area contributed by atoms with Crippen molar-refractivity contribution in [2.45, 2.75) is 19.8 Å². The highest BCUT2D eigenvalue weighted by atomic mass is 79.9. The van der Waals surface area contributed by atoms with Gasteiger partial charge in [0.15, 0.2) is 0 Å². The molecule has 0 bridgehead atoms. The second-order valence-electron chi connectivity index (χ2n) is 3.83. The Morgan fingerprint density at radius 2 is 2.15 bits per heavy atom. The monoisotopic (exact) mass is 265 g/mol. The summed E-state index contributed by atoms with van der Waals surface area (Å²) in [6.45, 7) is 5.57. The van der Waals surface area contributed by atoms with Crippen molar-refractivity contribution >= 4 is 27.5 Å². The molecule has 0 amide bonds. The van der Waals surface area contributed by atoms with Crippen LogP contribution in [0.5, 0.6) is 0 Å². The number of rotatable bonds is 3. The summed E-state index contributed by atoms with van der Waals surface area (Å²) in [6.07, 6.45) is 2.64. The Kier molecular flexibility index (Phi) is 5.37. The number of alkyl halides is 1. The summed E-state index contributed by atoms with van der Waals surface area (Å²) < 4.78 is 0. The van der Waals surface area contributed by atoms with Crippen LogP contribution < -0.4 is 0 Å². The number of hydrogen-bond acceptors (Lipinski definition) is 1. The van der Waals surface area contributed by atoms with E-state index in [0.717, 1.165) is 17.8 Å². The Morgan fingerprint density at radius 3 is 2.62 bits per heavy atom. The van der Waals surface area contributed by atoms with Gasteiger partial charge in [0.05, 0.1) is 0 Å². The van der Waals surface area contributed by atoms with Crippen molar-refractivity contribution < 1.29 is 0 Å². The maximum absolute atomic E-state index is 5.63. The van der Waals surface area contributed by atoms with Crippen molar-refractivity contribution in [3.63, 3.8) is 0 Å². The van der Waals surface area contributed by atoms with Crippen LogP contribution in [0, 0.1) is 5.92 Å². The van der Waals surface area contributed by atoms with Crippen LogP contribution in [-0.2, 0) is 0 Å². The molecule has 0 aliphatic carbocycles. The Balaban J connectivity index is 2.25.